The van der Waals surface area contributed by atoms with Gasteiger partial charge < -0.3 is 0 Å². The first-order valence-electron chi connectivity index (χ1n) is 4.29. The van der Waals surface area contributed by atoms with Crippen LogP contribution >= 0.6 is 23.2 Å². The van der Waals surface area contributed by atoms with E-state index in [-0.39, 0.29) is 5.82 Å². The van der Waals surface area contributed by atoms with E-state index in [4.69, 9.17) is 23.2 Å². The molecular formula is C12H6Cl2F. The Labute approximate surface area is 97.3 Å². The molecule has 0 N–H and O–H groups in total. The first-order valence-corrected chi connectivity index (χ1v) is 5.05. The van der Waals surface area contributed by atoms with Crippen LogP contribution in [0.5, 0.6) is 0 Å². The van der Waals surface area contributed by atoms with Gasteiger partial charge in [0.25, 0.3) is 0 Å². The summed E-state index contributed by atoms with van der Waals surface area (Å²) < 4.78 is 13.0. The Kier molecular flexibility index (Phi) is 2.94. The largest absolute Gasteiger partial charge is 0.207 e. The van der Waals surface area contributed by atoms with Gasteiger partial charge in [-0.2, -0.15) is 0 Å². The topological polar surface area (TPSA) is 0 Å². The Morgan fingerprint density at radius 2 is 1.87 bits per heavy atom. The molecule has 0 saturated carbocycles. The van der Waals surface area contributed by atoms with Crippen molar-refractivity contribution >= 4 is 23.2 Å². The van der Waals surface area contributed by atoms with Crippen LogP contribution in [0.2, 0.25) is 10.0 Å². The first kappa shape index (κ1) is 10.5. The summed E-state index contributed by atoms with van der Waals surface area (Å²) in [6.45, 7) is 0. The van der Waals surface area contributed by atoms with E-state index in [1.54, 1.807) is 18.2 Å². The highest BCUT2D eigenvalue weighted by Gasteiger charge is 2.04. The molecular weight excluding hydrogens is 234 g/mol. The van der Waals surface area contributed by atoms with Gasteiger partial charge in [0.1, 0.15) is 5.82 Å². The van der Waals surface area contributed by atoms with E-state index in [2.05, 4.69) is 6.07 Å². The normalized spacial score (nSPS) is 10.3. The lowest BCUT2D eigenvalue weighted by Crippen LogP contribution is -1.81. The van der Waals surface area contributed by atoms with Gasteiger partial charge in [-0.05, 0) is 35.9 Å². The lowest BCUT2D eigenvalue weighted by atomic mass is 10.1. The van der Waals surface area contributed by atoms with Gasteiger partial charge in [-0.3, -0.25) is 0 Å². The average Bonchev–Trinajstić information content (AvgIpc) is 2.17. The van der Waals surface area contributed by atoms with Crippen molar-refractivity contribution in [2.24, 2.45) is 0 Å². The minimum atomic E-state index is -0.310. The molecule has 0 bridgehead atoms. The third-order valence-electron chi connectivity index (χ3n) is 1.98. The third-order valence-corrected chi connectivity index (χ3v) is 2.53. The van der Waals surface area contributed by atoms with Gasteiger partial charge in [0.15, 0.2) is 0 Å². The van der Waals surface area contributed by atoms with Gasteiger partial charge in [0.05, 0.1) is 0 Å². The zero-order valence-corrected chi connectivity index (χ0v) is 9.11. The van der Waals surface area contributed by atoms with Gasteiger partial charge >= 0.3 is 0 Å². The molecule has 0 aliphatic carbocycles. The van der Waals surface area contributed by atoms with Crippen molar-refractivity contribution < 1.29 is 4.39 Å². The van der Waals surface area contributed by atoms with Crippen molar-refractivity contribution in [3.8, 4) is 11.1 Å². The quantitative estimate of drug-likeness (QED) is 0.683. The van der Waals surface area contributed by atoms with Crippen LogP contribution in [0.4, 0.5) is 4.39 Å². The Bertz CT molecular complexity index is 495. The summed E-state index contributed by atoms with van der Waals surface area (Å²) in [6.07, 6.45) is 0. The van der Waals surface area contributed by atoms with Gasteiger partial charge in [-0.15, -0.1) is 0 Å². The second kappa shape index (κ2) is 4.21. The second-order valence-corrected chi connectivity index (χ2v) is 3.89. The molecule has 0 fully saturated rings. The Balaban J connectivity index is 2.54. The zero-order chi connectivity index (χ0) is 10.8. The van der Waals surface area contributed by atoms with Crippen molar-refractivity contribution in [1.82, 2.24) is 0 Å². The molecule has 0 spiro atoms. The number of benzene rings is 2. The number of halogens is 3. The van der Waals surface area contributed by atoms with Crippen LogP contribution in [0.15, 0.2) is 36.4 Å². The molecule has 75 valence electrons. The van der Waals surface area contributed by atoms with Crippen molar-refractivity contribution in [3.05, 3.63) is 58.3 Å². The Morgan fingerprint density at radius 3 is 2.53 bits per heavy atom. The van der Waals surface area contributed by atoms with Crippen molar-refractivity contribution in [1.29, 1.82) is 0 Å². The summed E-state index contributed by atoms with van der Waals surface area (Å²) in [5.74, 6) is -0.310. The smallest absolute Gasteiger partial charge is 0.123 e. The fraction of sp³-hybridized carbons (Fsp3) is 0. The Morgan fingerprint density at radius 1 is 1.07 bits per heavy atom. The lowest BCUT2D eigenvalue weighted by molar-refractivity contribution is 0.628. The monoisotopic (exact) mass is 239 g/mol. The summed E-state index contributed by atoms with van der Waals surface area (Å²) in [6, 6.07) is 12.2. The Hall–Kier alpha value is -1.05. The highest BCUT2D eigenvalue weighted by molar-refractivity contribution is 6.36. The molecule has 0 aromatic heterocycles. The maximum Gasteiger partial charge on any atom is 0.123 e. The standard InChI is InChI=1S/C12H6Cl2F/c13-9-4-5-11(12(14)7-9)8-2-1-3-10(15)6-8/h1,3-7H. The maximum atomic E-state index is 13.0. The summed E-state index contributed by atoms with van der Waals surface area (Å²) in [5.41, 5.74) is 1.34. The molecule has 15 heavy (non-hydrogen) atoms. The lowest BCUT2D eigenvalue weighted by Gasteiger charge is -2.04. The minimum Gasteiger partial charge on any atom is -0.207 e. The molecule has 0 heterocycles. The van der Waals surface area contributed by atoms with Crippen LogP contribution < -0.4 is 0 Å². The van der Waals surface area contributed by atoms with E-state index in [9.17, 15) is 4.39 Å². The van der Waals surface area contributed by atoms with Gasteiger partial charge in [0.2, 0.25) is 0 Å². The van der Waals surface area contributed by atoms with Gasteiger partial charge in [-0.25, -0.2) is 4.39 Å². The molecule has 1 radical (unpaired) electrons. The molecule has 2 aromatic rings. The highest BCUT2D eigenvalue weighted by Crippen LogP contribution is 2.30. The van der Waals surface area contributed by atoms with Gasteiger partial charge in [-0.1, -0.05) is 35.3 Å². The van der Waals surface area contributed by atoms with E-state index >= 15 is 0 Å². The number of hydrogen-bond donors (Lipinski definition) is 0. The fourth-order valence-electron chi connectivity index (χ4n) is 1.30. The predicted octanol–water partition coefficient (Wildman–Crippen LogP) is 4.60. The first-order chi connectivity index (χ1) is 7.16. The van der Waals surface area contributed by atoms with Crippen LogP contribution in [-0.2, 0) is 0 Å². The van der Waals surface area contributed by atoms with Crippen LogP contribution in [0.3, 0.4) is 0 Å². The summed E-state index contributed by atoms with van der Waals surface area (Å²) in [5, 5.41) is 1.05. The highest BCUT2D eigenvalue weighted by atomic mass is 35.5. The molecule has 0 saturated heterocycles. The summed E-state index contributed by atoms with van der Waals surface area (Å²) in [4.78, 5) is 0. The third kappa shape index (κ3) is 2.31. The van der Waals surface area contributed by atoms with Crippen LogP contribution in [-0.4, -0.2) is 0 Å². The van der Waals surface area contributed by atoms with Crippen LogP contribution in [0.25, 0.3) is 11.1 Å². The number of hydrogen-bond acceptors (Lipinski definition) is 0. The average molecular weight is 240 g/mol. The molecule has 0 aliphatic rings. The minimum absolute atomic E-state index is 0.310. The summed E-state index contributed by atoms with van der Waals surface area (Å²) >= 11 is 11.8. The SMILES string of the molecule is Fc1cc[c]c(-c2ccc(Cl)cc2Cl)c1. The molecule has 0 unspecified atom stereocenters. The van der Waals surface area contributed by atoms with E-state index in [0.29, 0.717) is 15.6 Å². The predicted molar refractivity (Wildman–Crippen MR) is 60.7 cm³/mol. The maximum absolute atomic E-state index is 13.0. The second-order valence-electron chi connectivity index (χ2n) is 3.04. The zero-order valence-electron chi connectivity index (χ0n) is 7.60. The molecule has 0 aliphatic heterocycles. The molecule has 0 nitrogen and oxygen atoms in total. The molecule has 0 atom stereocenters. The van der Waals surface area contributed by atoms with Crippen molar-refractivity contribution in [2.45, 2.75) is 0 Å². The molecule has 2 aromatic carbocycles. The molecule has 2 rings (SSSR count). The summed E-state index contributed by atoms with van der Waals surface area (Å²) in [7, 11) is 0. The molecule has 3 heteroatoms. The van der Waals surface area contributed by atoms with Crippen molar-refractivity contribution in [3.63, 3.8) is 0 Å². The van der Waals surface area contributed by atoms with E-state index in [0.717, 1.165) is 5.56 Å². The molecule has 0 amide bonds. The number of rotatable bonds is 1. The van der Waals surface area contributed by atoms with E-state index in [1.165, 1.54) is 18.2 Å². The fourth-order valence-corrected chi connectivity index (χ4v) is 1.81. The van der Waals surface area contributed by atoms with Crippen LogP contribution in [0.1, 0.15) is 0 Å². The van der Waals surface area contributed by atoms with Crippen LogP contribution in [0, 0.1) is 11.9 Å². The van der Waals surface area contributed by atoms with Crippen molar-refractivity contribution in [2.75, 3.05) is 0 Å². The van der Waals surface area contributed by atoms with E-state index < -0.39 is 0 Å². The van der Waals surface area contributed by atoms with Gasteiger partial charge in [0, 0.05) is 15.6 Å². The van der Waals surface area contributed by atoms with E-state index in [1.807, 2.05) is 0 Å².